The molecular formula is C39H53FN4O6. The molecule has 0 N–H and O–H groups in total. The number of anilines is 2. The van der Waals surface area contributed by atoms with Gasteiger partial charge in [-0.05, 0) is 98.4 Å². The van der Waals surface area contributed by atoms with Crippen LogP contribution in [0.2, 0.25) is 0 Å². The standard InChI is InChI=1S/C39H53FN4O6/c1-13-43-31(20-21-41-43)44(36(46)50-38(8,9)10)35-25(4)33(26-14-16-27(40)17-15-26)30(34(42-35)24(2)3)19-18-28-22-29(48-39(11,12)47-28)23-32(45)49-37(5,6)7/h14-21,24,28-29H,13,22-23H2,1-12H3/t28-,29-/m1/s1. The van der Waals surface area contributed by atoms with Gasteiger partial charge in [-0.15, -0.1) is 0 Å². The summed E-state index contributed by atoms with van der Waals surface area (Å²) in [5.74, 6) is -0.841. The minimum absolute atomic E-state index is 0.0864. The molecule has 50 heavy (non-hydrogen) atoms. The van der Waals surface area contributed by atoms with Gasteiger partial charge in [-0.25, -0.2) is 23.8 Å². The molecular weight excluding hydrogens is 639 g/mol. The van der Waals surface area contributed by atoms with Crippen LogP contribution in [-0.2, 0) is 30.3 Å². The van der Waals surface area contributed by atoms with Gasteiger partial charge in [0.05, 0.1) is 30.5 Å². The van der Waals surface area contributed by atoms with E-state index in [-0.39, 0.29) is 24.1 Å². The molecule has 0 unspecified atom stereocenters. The molecule has 2 atom stereocenters. The van der Waals surface area contributed by atoms with Gasteiger partial charge < -0.3 is 18.9 Å². The zero-order valence-corrected chi connectivity index (χ0v) is 31.6. The second-order valence-electron chi connectivity index (χ2n) is 15.4. The molecule has 3 aromatic rings. The summed E-state index contributed by atoms with van der Waals surface area (Å²) in [6.45, 7) is 23.0. The molecule has 0 aliphatic carbocycles. The Labute approximate surface area is 296 Å². The number of pyridine rings is 1. The van der Waals surface area contributed by atoms with Crippen LogP contribution < -0.4 is 4.90 Å². The highest BCUT2D eigenvalue weighted by Gasteiger charge is 2.37. The van der Waals surface area contributed by atoms with Crippen molar-refractivity contribution in [1.29, 1.82) is 0 Å². The predicted molar refractivity (Wildman–Crippen MR) is 193 cm³/mol. The van der Waals surface area contributed by atoms with Crippen molar-refractivity contribution >= 4 is 29.8 Å². The lowest BCUT2D eigenvalue weighted by Gasteiger charge is -2.40. The number of benzene rings is 1. The molecule has 1 aromatic carbocycles. The van der Waals surface area contributed by atoms with E-state index < -0.39 is 35.3 Å². The lowest BCUT2D eigenvalue weighted by atomic mass is 9.90. The summed E-state index contributed by atoms with van der Waals surface area (Å²) in [6, 6.07) is 8.04. The summed E-state index contributed by atoms with van der Waals surface area (Å²) in [7, 11) is 0. The number of aromatic nitrogens is 3. The first-order valence-corrected chi connectivity index (χ1v) is 17.3. The van der Waals surface area contributed by atoms with Crippen molar-refractivity contribution in [3.8, 4) is 11.1 Å². The van der Waals surface area contributed by atoms with E-state index in [1.54, 1.807) is 29.1 Å². The second-order valence-corrected chi connectivity index (χ2v) is 15.4. The fourth-order valence-electron chi connectivity index (χ4n) is 6.03. The summed E-state index contributed by atoms with van der Waals surface area (Å²) in [5.41, 5.74) is 2.36. The van der Waals surface area contributed by atoms with Gasteiger partial charge in [0, 0.05) is 30.2 Å². The SMILES string of the molecule is CCn1nccc1N(C(=O)OC(C)(C)C)c1nc(C(C)C)c(C=C[C@@H]2C[C@H](CC(=O)OC(C)(C)C)OC(C)(C)O2)c(-c2ccc(F)cc2)c1C. The maximum absolute atomic E-state index is 14.3. The molecule has 0 radical (unpaired) electrons. The number of nitrogens with zero attached hydrogens (tertiary/aromatic N) is 4. The molecule has 272 valence electrons. The smallest absolute Gasteiger partial charge is 0.421 e. The van der Waals surface area contributed by atoms with E-state index in [2.05, 4.69) is 5.10 Å². The van der Waals surface area contributed by atoms with E-state index in [9.17, 15) is 14.0 Å². The Hall–Kier alpha value is -4.09. The fourth-order valence-corrected chi connectivity index (χ4v) is 6.03. The molecule has 11 heteroatoms. The van der Waals surface area contributed by atoms with Gasteiger partial charge >= 0.3 is 12.1 Å². The average Bonchev–Trinajstić information content (AvgIpc) is 3.43. The summed E-state index contributed by atoms with van der Waals surface area (Å²) >= 11 is 0. The first kappa shape index (κ1) is 38.7. The minimum Gasteiger partial charge on any atom is -0.460 e. The molecule has 2 aromatic heterocycles. The first-order chi connectivity index (χ1) is 23.2. The van der Waals surface area contributed by atoms with Gasteiger partial charge in [-0.1, -0.05) is 38.1 Å². The zero-order valence-electron chi connectivity index (χ0n) is 31.6. The van der Waals surface area contributed by atoms with Crippen LogP contribution in [0.25, 0.3) is 17.2 Å². The Kier molecular flexibility index (Phi) is 11.6. The Morgan fingerprint density at radius 2 is 1.70 bits per heavy atom. The largest absolute Gasteiger partial charge is 0.460 e. The molecule has 4 rings (SSSR count). The molecule has 0 bridgehead atoms. The van der Waals surface area contributed by atoms with Gasteiger partial charge in [-0.2, -0.15) is 5.10 Å². The third-order valence-corrected chi connectivity index (χ3v) is 7.85. The molecule has 0 saturated carbocycles. The second kappa shape index (κ2) is 15.0. The molecule has 0 spiro atoms. The van der Waals surface area contributed by atoms with E-state index >= 15 is 0 Å². The number of halogens is 1. The molecule has 10 nitrogen and oxygen atoms in total. The highest BCUT2D eigenvalue weighted by molar-refractivity contribution is 5.97. The van der Waals surface area contributed by atoms with Crippen molar-refractivity contribution in [3.05, 3.63) is 65.2 Å². The van der Waals surface area contributed by atoms with Gasteiger partial charge in [0.25, 0.3) is 0 Å². The Morgan fingerprint density at radius 1 is 1.06 bits per heavy atom. The van der Waals surface area contributed by atoms with Crippen molar-refractivity contribution < 1.29 is 32.9 Å². The molecule has 1 aliphatic heterocycles. The number of hydrogen-bond donors (Lipinski definition) is 0. The van der Waals surface area contributed by atoms with Crippen LogP contribution >= 0.6 is 0 Å². The zero-order chi connectivity index (χ0) is 37.2. The lowest BCUT2D eigenvalue weighted by Crippen LogP contribution is -2.45. The highest BCUT2D eigenvalue weighted by Crippen LogP contribution is 2.41. The van der Waals surface area contributed by atoms with Crippen molar-refractivity contribution in [3.63, 3.8) is 0 Å². The number of ether oxygens (including phenoxy) is 4. The number of carbonyl (C=O) groups is 2. The Bertz CT molecular complexity index is 1700. The van der Waals surface area contributed by atoms with E-state index in [1.165, 1.54) is 17.0 Å². The van der Waals surface area contributed by atoms with Crippen LogP contribution in [0.5, 0.6) is 0 Å². The fraction of sp³-hybridized carbons (Fsp3) is 0.538. The van der Waals surface area contributed by atoms with Gasteiger partial charge in [-0.3, -0.25) is 4.79 Å². The monoisotopic (exact) mass is 692 g/mol. The van der Waals surface area contributed by atoms with Crippen molar-refractivity contribution in [2.24, 2.45) is 0 Å². The van der Waals surface area contributed by atoms with Crippen LogP contribution in [0.3, 0.4) is 0 Å². The molecule has 3 heterocycles. The van der Waals surface area contributed by atoms with E-state index in [0.29, 0.717) is 35.9 Å². The third-order valence-electron chi connectivity index (χ3n) is 7.85. The van der Waals surface area contributed by atoms with Crippen molar-refractivity contribution in [2.45, 2.75) is 138 Å². The molecule has 1 amide bonds. The number of carbonyl (C=O) groups excluding carboxylic acids is 2. The van der Waals surface area contributed by atoms with Crippen LogP contribution in [0, 0.1) is 12.7 Å². The Morgan fingerprint density at radius 3 is 2.28 bits per heavy atom. The number of amides is 1. The number of rotatable bonds is 9. The van der Waals surface area contributed by atoms with E-state index in [4.69, 9.17) is 23.9 Å². The van der Waals surface area contributed by atoms with Crippen LogP contribution in [0.1, 0.15) is 112 Å². The van der Waals surface area contributed by atoms with Crippen molar-refractivity contribution in [2.75, 3.05) is 4.90 Å². The first-order valence-electron chi connectivity index (χ1n) is 17.3. The summed E-state index contributed by atoms with van der Waals surface area (Å²) in [4.78, 5) is 33.4. The summed E-state index contributed by atoms with van der Waals surface area (Å²) in [6.07, 6.45) is 4.68. The summed E-state index contributed by atoms with van der Waals surface area (Å²) < 4.78 is 39.9. The van der Waals surface area contributed by atoms with E-state index in [1.807, 2.05) is 95.2 Å². The Balaban J connectivity index is 1.89. The van der Waals surface area contributed by atoms with Crippen LogP contribution in [0.4, 0.5) is 20.8 Å². The maximum Gasteiger partial charge on any atom is 0.421 e. The van der Waals surface area contributed by atoms with Crippen molar-refractivity contribution in [1.82, 2.24) is 14.8 Å². The van der Waals surface area contributed by atoms with Crippen LogP contribution in [0.15, 0.2) is 42.6 Å². The summed E-state index contributed by atoms with van der Waals surface area (Å²) in [5, 5.41) is 4.42. The van der Waals surface area contributed by atoms with E-state index in [0.717, 1.165) is 16.7 Å². The number of hydrogen-bond acceptors (Lipinski definition) is 8. The topological polar surface area (TPSA) is 105 Å². The highest BCUT2D eigenvalue weighted by atomic mass is 19.1. The molecule has 1 saturated heterocycles. The normalized spacial score (nSPS) is 18.0. The molecule has 1 aliphatic rings. The number of aryl methyl sites for hydroxylation is 1. The van der Waals surface area contributed by atoms with Gasteiger partial charge in [0.1, 0.15) is 28.7 Å². The average molecular weight is 693 g/mol. The third kappa shape index (κ3) is 9.78. The predicted octanol–water partition coefficient (Wildman–Crippen LogP) is 9.26. The maximum atomic E-state index is 14.3. The van der Waals surface area contributed by atoms with Crippen LogP contribution in [-0.4, -0.2) is 56.0 Å². The number of esters is 1. The van der Waals surface area contributed by atoms with Gasteiger partial charge in [0.15, 0.2) is 5.79 Å². The quantitative estimate of drug-likeness (QED) is 0.204. The molecule has 1 fully saturated rings. The van der Waals surface area contributed by atoms with Gasteiger partial charge in [0.2, 0.25) is 0 Å². The minimum atomic E-state index is -0.950. The lowest BCUT2D eigenvalue weighted by molar-refractivity contribution is -0.290.